The Hall–Kier alpha value is -1.80. The van der Waals surface area contributed by atoms with E-state index in [9.17, 15) is 0 Å². The minimum atomic E-state index is 0.938. The fourth-order valence-electron chi connectivity index (χ4n) is 2.34. The molecule has 0 aliphatic carbocycles. The molecule has 0 unspecified atom stereocenters. The fourth-order valence-corrected chi connectivity index (χ4v) is 2.34. The molecular formula is C19H26N2. The zero-order chi connectivity index (χ0) is 15.1. The first-order valence-electron chi connectivity index (χ1n) is 7.75. The highest BCUT2D eigenvalue weighted by molar-refractivity contribution is 5.47. The highest BCUT2D eigenvalue weighted by atomic mass is 15.1. The topological polar surface area (TPSA) is 15.3 Å². The van der Waals surface area contributed by atoms with Gasteiger partial charge in [-0.3, -0.25) is 0 Å². The zero-order valence-corrected chi connectivity index (χ0v) is 13.4. The van der Waals surface area contributed by atoms with Gasteiger partial charge in [0.1, 0.15) is 0 Å². The molecular weight excluding hydrogens is 256 g/mol. The first kappa shape index (κ1) is 15.6. The molecule has 0 saturated heterocycles. The Balaban J connectivity index is 1.93. The molecule has 0 heterocycles. The van der Waals surface area contributed by atoms with Crippen LogP contribution in [0.25, 0.3) is 0 Å². The van der Waals surface area contributed by atoms with E-state index in [0.29, 0.717) is 0 Å². The molecule has 1 N–H and O–H groups in total. The molecule has 0 fully saturated rings. The van der Waals surface area contributed by atoms with Gasteiger partial charge in [-0.05, 0) is 43.1 Å². The van der Waals surface area contributed by atoms with Gasteiger partial charge in [0.2, 0.25) is 0 Å². The standard InChI is InChI=1S/C19H26N2/c1-4-13-20-14-17-9-11-19(12-10-17)21(3)15-18-7-5-16(2)6-8-18/h5-12,20H,4,13-15H2,1-3H3. The van der Waals surface area contributed by atoms with E-state index in [-0.39, 0.29) is 0 Å². The summed E-state index contributed by atoms with van der Waals surface area (Å²) in [6, 6.07) is 17.6. The molecule has 0 radical (unpaired) electrons. The van der Waals surface area contributed by atoms with Crippen LogP contribution >= 0.6 is 0 Å². The van der Waals surface area contributed by atoms with E-state index in [1.54, 1.807) is 0 Å². The third-order valence-electron chi connectivity index (χ3n) is 3.67. The predicted molar refractivity (Wildman–Crippen MR) is 91.7 cm³/mol. The van der Waals surface area contributed by atoms with Crippen LogP contribution in [0, 0.1) is 6.92 Å². The number of anilines is 1. The summed E-state index contributed by atoms with van der Waals surface area (Å²) in [6.07, 6.45) is 1.18. The van der Waals surface area contributed by atoms with Crippen LogP contribution in [0.1, 0.15) is 30.0 Å². The maximum Gasteiger partial charge on any atom is 0.0426 e. The molecule has 2 aromatic carbocycles. The lowest BCUT2D eigenvalue weighted by atomic mass is 10.1. The quantitative estimate of drug-likeness (QED) is 0.768. The number of hydrogen-bond donors (Lipinski definition) is 1. The van der Waals surface area contributed by atoms with E-state index in [1.165, 1.54) is 28.8 Å². The minimum absolute atomic E-state index is 0.938. The maximum atomic E-state index is 3.43. The van der Waals surface area contributed by atoms with Gasteiger partial charge >= 0.3 is 0 Å². The fraction of sp³-hybridized carbons (Fsp3) is 0.368. The lowest BCUT2D eigenvalue weighted by Crippen LogP contribution is -2.17. The van der Waals surface area contributed by atoms with Crippen LogP contribution in [-0.2, 0) is 13.1 Å². The van der Waals surface area contributed by atoms with Crippen molar-refractivity contribution >= 4 is 5.69 Å². The molecule has 0 aliphatic rings. The Morgan fingerprint density at radius 1 is 0.905 bits per heavy atom. The molecule has 0 aromatic heterocycles. The van der Waals surface area contributed by atoms with Crippen molar-refractivity contribution in [2.45, 2.75) is 33.4 Å². The van der Waals surface area contributed by atoms with Crippen LogP contribution < -0.4 is 10.2 Å². The third-order valence-corrected chi connectivity index (χ3v) is 3.67. The van der Waals surface area contributed by atoms with Crippen LogP contribution in [-0.4, -0.2) is 13.6 Å². The first-order valence-corrected chi connectivity index (χ1v) is 7.75. The van der Waals surface area contributed by atoms with Crippen molar-refractivity contribution in [2.24, 2.45) is 0 Å². The predicted octanol–water partition coefficient (Wildman–Crippen LogP) is 4.13. The van der Waals surface area contributed by atoms with Gasteiger partial charge < -0.3 is 10.2 Å². The Labute approximate surface area is 128 Å². The molecule has 21 heavy (non-hydrogen) atoms. The second-order valence-electron chi connectivity index (χ2n) is 5.68. The van der Waals surface area contributed by atoms with E-state index in [1.807, 2.05) is 0 Å². The maximum absolute atomic E-state index is 3.43. The highest BCUT2D eigenvalue weighted by Crippen LogP contribution is 2.16. The number of rotatable bonds is 7. The van der Waals surface area contributed by atoms with E-state index >= 15 is 0 Å². The van der Waals surface area contributed by atoms with E-state index in [4.69, 9.17) is 0 Å². The molecule has 2 rings (SSSR count). The van der Waals surface area contributed by atoms with Crippen molar-refractivity contribution in [3.63, 3.8) is 0 Å². The average Bonchev–Trinajstić information content (AvgIpc) is 2.50. The lowest BCUT2D eigenvalue weighted by molar-refractivity contribution is 0.675. The van der Waals surface area contributed by atoms with Crippen LogP contribution in [0.5, 0.6) is 0 Å². The second kappa shape index (κ2) is 7.84. The van der Waals surface area contributed by atoms with Crippen LogP contribution in [0.4, 0.5) is 5.69 Å². The van der Waals surface area contributed by atoms with Gasteiger partial charge in [-0.1, -0.05) is 48.9 Å². The van der Waals surface area contributed by atoms with Gasteiger partial charge in [-0.25, -0.2) is 0 Å². The molecule has 2 heteroatoms. The van der Waals surface area contributed by atoms with Crippen molar-refractivity contribution in [2.75, 3.05) is 18.5 Å². The summed E-state index contributed by atoms with van der Waals surface area (Å²) in [4.78, 5) is 2.29. The first-order chi connectivity index (χ1) is 10.2. The van der Waals surface area contributed by atoms with Crippen LogP contribution in [0.2, 0.25) is 0 Å². The average molecular weight is 282 g/mol. The monoisotopic (exact) mass is 282 g/mol. The van der Waals surface area contributed by atoms with Crippen LogP contribution in [0.3, 0.4) is 0 Å². The summed E-state index contributed by atoms with van der Waals surface area (Å²) in [5.74, 6) is 0. The van der Waals surface area contributed by atoms with Gasteiger partial charge in [0.15, 0.2) is 0 Å². The molecule has 2 aromatic rings. The number of aryl methyl sites for hydroxylation is 1. The summed E-state index contributed by atoms with van der Waals surface area (Å²) < 4.78 is 0. The number of nitrogens with zero attached hydrogens (tertiary/aromatic N) is 1. The largest absolute Gasteiger partial charge is 0.370 e. The molecule has 2 nitrogen and oxygen atoms in total. The Kier molecular flexibility index (Phi) is 5.82. The number of hydrogen-bond acceptors (Lipinski definition) is 2. The molecule has 0 aliphatic heterocycles. The molecule has 0 bridgehead atoms. The number of nitrogens with one attached hydrogen (secondary N) is 1. The van der Waals surface area contributed by atoms with Gasteiger partial charge in [-0.2, -0.15) is 0 Å². The Morgan fingerprint density at radius 2 is 1.52 bits per heavy atom. The Morgan fingerprint density at radius 3 is 2.14 bits per heavy atom. The van der Waals surface area contributed by atoms with Crippen LogP contribution in [0.15, 0.2) is 48.5 Å². The smallest absolute Gasteiger partial charge is 0.0426 e. The SMILES string of the molecule is CCCNCc1ccc(N(C)Cc2ccc(C)cc2)cc1. The van der Waals surface area contributed by atoms with Crippen molar-refractivity contribution < 1.29 is 0 Å². The molecule has 0 saturated carbocycles. The summed E-state index contributed by atoms with van der Waals surface area (Å²) in [6.45, 7) is 7.29. The second-order valence-corrected chi connectivity index (χ2v) is 5.68. The summed E-state index contributed by atoms with van der Waals surface area (Å²) in [5, 5.41) is 3.43. The molecule has 0 atom stereocenters. The summed E-state index contributed by atoms with van der Waals surface area (Å²) in [7, 11) is 2.14. The van der Waals surface area contributed by atoms with Gasteiger partial charge in [-0.15, -0.1) is 0 Å². The van der Waals surface area contributed by atoms with E-state index < -0.39 is 0 Å². The van der Waals surface area contributed by atoms with E-state index in [2.05, 4.69) is 79.6 Å². The normalized spacial score (nSPS) is 10.6. The molecule has 0 amide bonds. The van der Waals surface area contributed by atoms with E-state index in [0.717, 1.165) is 19.6 Å². The third kappa shape index (κ3) is 4.91. The lowest BCUT2D eigenvalue weighted by Gasteiger charge is -2.20. The summed E-state index contributed by atoms with van der Waals surface area (Å²) >= 11 is 0. The number of benzene rings is 2. The van der Waals surface area contributed by atoms with Crippen molar-refractivity contribution in [3.8, 4) is 0 Å². The van der Waals surface area contributed by atoms with Gasteiger partial charge in [0.05, 0.1) is 0 Å². The van der Waals surface area contributed by atoms with Crippen molar-refractivity contribution in [3.05, 3.63) is 65.2 Å². The summed E-state index contributed by atoms with van der Waals surface area (Å²) in [5.41, 5.74) is 5.26. The van der Waals surface area contributed by atoms with Crippen molar-refractivity contribution in [1.82, 2.24) is 5.32 Å². The molecule has 112 valence electrons. The molecule has 0 spiro atoms. The van der Waals surface area contributed by atoms with Gasteiger partial charge in [0, 0.05) is 25.8 Å². The van der Waals surface area contributed by atoms with Gasteiger partial charge in [0.25, 0.3) is 0 Å². The van der Waals surface area contributed by atoms with Crippen molar-refractivity contribution in [1.29, 1.82) is 0 Å². The Bertz CT molecular complexity index is 528. The zero-order valence-electron chi connectivity index (χ0n) is 13.4. The highest BCUT2D eigenvalue weighted by Gasteiger charge is 2.02. The minimum Gasteiger partial charge on any atom is -0.370 e.